The second kappa shape index (κ2) is 7.95. The van der Waals surface area contributed by atoms with E-state index in [1.807, 2.05) is 12.1 Å². The molecule has 4 rings (SSSR count). The number of hydrogen-bond donors (Lipinski definition) is 0. The van der Waals surface area contributed by atoms with Gasteiger partial charge < -0.3 is 18.8 Å². The van der Waals surface area contributed by atoms with Gasteiger partial charge >= 0.3 is 0 Å². The van der Waals surface area contributed by atoms with Crippen molar-refractivity contribution in [2.24, 2.45) is 0 Å². The number of carbonyl (C=O) groups excluding carboxylic acids is 1. The van der Waals surface area contributed by atoms with Crippen LogP contribution in [0, 0.1) is 11.6 Å². The Morgan fingerprint density at radius 2 is 1.86 bits per heavy atom. The van der Waals surface area contributed by atoms with E-state index in [0.717, 1.165) is 12.1 Å². The number of rotatable bonds is 5. The molecule has 0 unspecified atom stereocenters. The third kappa shape index (κ3) is 3.81. The smallest absolute Gasteiger partial charge is 0.293 e. The zero-order valence-corrected chi connectivity index (χ0v) is 15.8. The van der Waals surface area contributed by atoms with Gasteiger partial charge in [-0.1, -0.05) is 12.1 Å². The summed E-state index contributed by atoms with van der Waals surface area (Å²) in [7, 11) is 1.55. The molecule has 1 aliphatic heterocycles. The number of fused-ring (bicyclic) bond motifs is 1. The van der Waals surface area contributed by atoms with Crippen LogP contribution >= 0.6 is 0 Å². The summed E-state index contributed by atoms with van der Waals surface area (Å²) in [6, 6.07) is 12.6. The molecular formula is C22H19F2NO4. The number of hydrogen-bond acceptors (Lipinski definition) is 4. The van der Waals surface area contributed by atoms with Crippen molar-refractivity contribution in [3.63, 3.8) is 0 Å². The van der Waals surface area contributed by atoms with Crippen LogP contribution in [0.1, 0.15) is 28.3 Å². The molecule has 7 heteroatoms. The van der Waals surface area contributed by atoms with Gasteiger partial charge in [0.2, 0.25) is 0 Å². The quantitative estimate of drug-likeness (QED) is 0.622. The molecule has 0 fully saturated rings. The van der Waals surface area contributed by atoms with E-state index in [-0.39, 0.29) is 12.4 Å². The molecule has 5 nitrogen and oxygen atoms in total. The lowest BCUT2D eigenvalue weighted by molar-refractivity contribution is 0.0954. The van der Waals surface area contributed by atoms with Crippen molar-refractivity contribution in [2.75, 3.05) is 18.6 Å². The van der Waals surface area contributed by atoms with Gasteiger partial charge in [0.05, 0.1) is 12.8 Å². The van der Waals surface area contributed by atoms with Gasteiger partial charge in [-0.2, -0.15) is 0 Å². The Labute approximate surface area is 166 Å². The minimum absolute atomic E-state index is 0.112. The van der Waals surface area contributed by atoms with E-state index in [9.17, 15) is 13.6 Å². The Balaban J connectivity index is 1.50. The topological polar surface area (TPSA) is 51.9 Å². The van der Waals surface area contributed by atoms with E-state index in [1.165, 1.54) is 4.90 Å². The highest BCUT2D eigenvalue weighted by atomic mass is 19.2. The van der Waals surface area contributed by atoms with Crippen LogP contribution in [0.5, 0.6) is 11.5 Å². The maximum atomic E-state index is 13.7. The molecule has 0 saturated carbocycles. The third-order valence-corrected chi connectivity index (χ3v) is 4.80. The molecule has 2 heterocycles. The Kier molecular flexibility index (Phi) is 5.20. The highest BCUT2D eigenvalue weighted by Gasteiger charge is 2.27. The fraction of sp³-hybridized carbons (Fsp3) is 0.227. The number of para-hydroxylation sites is 2. The Morgan fingerprint density at radius 1 is 1.10 bits per heavy atom. The van der Waals surface area contributed by atoms with Crippen LogP contribution in [0.4, 0.5) is 14.5 Å². The van der Waals surface area contributed by atoms with Crippen LogP contribution < -0.4 is 14.4 Å². The molecule has 0 bridgehead atoms. The van der Waals surface area contributed by atoms with Crippen LogP contribution in [-0.4, -0.2) is 19.6 Å². The first-order chi connectivity index (χ1) is 14.1. The Morgan fingerprint density at radius 3 is 2.66 bits per heavy atom. The van der Waals surface area contributed by atoms with Gasteiger partial charge in [-0.25, -0.2) is 8.78 Å². The lowest BCUT2D eigenvalue weighted by Crippen LogP contribution is -2.35. The van der Waals surface area contributed by atoms with Gasteiger partial charge in [0.25, 0.3) is 5.91 Å². The first-order valence-corrected chi connectivity index (χ1v) is 9.21. The molecule has 0 saturated heterocycles. The minimum atomic E-state index is -0.978. The molecule has 29 heavy (non-hydrogen) atoms. The molecular weight excluding hydrogens is 380 g/mol. The van der Waals surface area contributed by atoms with E-state index in [2.05, 4.69) is 0 Å². The van der Waals surface area contributed by atoms with Crippen molar-refractivity contribution in [3.8, 4) is 11.5 Å². The molecule has 3 aromatic rings. The molecule has 1 aliphatic rings. The van der Waals surface area contributed by atoms with E-state index >= 15 is 0 Å². The first kappa shape index (κ1) is 19.0. The van der Waals surface area contributed by atoms with Crippen LogP contribution in [0.25, 0.3) is 0 Å². The van der Waals surface area contributed by atoms with Crippen LogP contribution in [0.15, 0.2) is 52.9 Å². The summed E-state index contributed by atoms with van der Waals surface area (Å²) in [5.74, 6) is -0.569. The number of methoxy groups -OCH3 is 1. The summed E-state index contributed by atoms with van der Waals surface area (Å²) >= 11 is 0. The van der Waals surface area contributed by atoms with Gasteiger partial charge in [0.1, 0.15) is 12.4 Å². The summed E-state index contributed by atoms with van der Waals surface area (Å²) in [5, 5.41) is 0. The van der Waals surface area contributed by atoms with Crippen LogP contribution in [0.3, 0.4) is 0 Å². The predicted octanol–water partition coefficient (Wildman–Crippen LogP) is 4.74. The molecule has 1 amide bonds. The van der Waals surface area contributed by atoms with Gasteiger partial charge in [-0.15, -0.1) is 0 Å². The van der Waals surface area contributed by atoms with Crippen molar-refractivity contribution < 1.29 is 27.5 Å². The highest BCUT2D eigenvalue weighted by molar-refractivity contribution is 6.05. The summed E-state index contributed by atoms with van der Waals surface area (Å²) < 4.78 is 43.8. The van der Waals surface area contributed by atoms with Gasteiger partial charge in [-0.3, -0.25) is 4.79 Å². The number of amides is 1. The first-order valence-electron chi connectivity index (χ1n) is 9.21. The standard InChI is InChI=1S/C22H19F2NO4/c1-27-19-6-2-3-7-20(19)28-13-15-8-9-21(29-15)22(26)25-10-4-5-14-11-16(23)17(24)12-18(14)25/h2-3,6-9,11-12H,4-5,10,13H2,1H3. The molecule has 2 aromatic carbocycles. The average molecular weight is 399 g/mol. The summed E-state index contributed by atoms with van der Waals surface area (Å²) in [6.07, 6.45) is 1.25. The molecule has 0 aliphatic carbocycles. The van der Waals surface area contributed by atoms with E-state index in [4.69, 9.17) is 13.9 Å². The lowest BCUT2D eigenvalue weighted by atomic mass is 10.0. The maximum Gasteiger partial charge on any atom is 0.293 e. The van der Waals surface area contributed by atoms with Crippen molar-refractivity contribution in [1.82, 2.24) is 0 Å². The van der Waals surface area contributed by atoms with Gasteiger partial charge in [0, 0.05) is 12.6 Å². The van der Waals surface area contributed by atoms with E-state index in [1.54, 1.807) is 31.4 Å². The number of nitrogens with zero attached hydrogens (tertiary/aromatic N) is 1. The predicted molar refractivity (Wildman–Crippen MR) is 102 cm³/mol. The second-order valence-electron chi connectivity index (χ2n) is 6.66. The average Bonchev–Trinajstić information content (AvgIpc) is 3.21. The number of benzene rings is 2. The summed E-state index contributed by atoms with van der Waals surface area (Å²) in [5.41, 5.74) is 0.984. The van der Waals surface area contributed by atoms with Gasteiger partial charge in [-0.05, 0) is 48.7 Å². The van der Waals surface area contributed by atoms with E-state index < -0.39 is 17.5 Å². The number of furan rings is 1. The minimum Gasteiger partial charge on any atom is -0.493 e. The monoisotopic (exact) mass is 399 g/mol. The summed E-state index contributed by atoms with van der Waals surface area (Å²) in [6.45, 7) is 0.523. The molecule has 0 radical (unpaired) electrons. The SMILES string of the molecule is COc1ccccc1OCc1ccc(C(=O)N2CCCc3cc(F)c(F)cc32)o1. The Bertz CT molecular complexity index is 1050. The highest BCUT2D eigenvalue weighted by Crippen LogP contribution is 2.31. The number of ether oxygens (including phenoxy) is 2. The van der Waals surface area contributed by atoms with Crippen LogP contribution in [0.2, 0.25) is 0 Å². The fourth-order valence-electron chi connectivity index (χ4n) is 3.38. The van der Waals surface area contributed by atoms with Gasteiger partial charge in [0.15, 0.2) is 28.9 Å². The van der Waals surface area contributed by atoms with E-state index in [0.29, 0.717) is 47.9 Å². The third-order valence-electron chi connectivity index (χ3n) is 4.80. The normalized spacial score (nSPS) is 13.1. The zero-order valence-electron chi connectivity index (χ0n) is 15.8. The lowest BCUT2D eigenvalue weighted by Gasteiger charge is -2.28. The molecule has 0 spiro atoms. The molecule has 1 aromatic heterocycles. The largest absolute Gasteiger partial charge is 0.493 e. The Hall–Kier alpha value is -3.35. The van der Waals surface area contributed by atoms with Crippen molar-refractivity contribution in [1.29, 1.82) is 0 Å². The van der Waals surface area contributed by atoms with Crippen molar-refractivity contribution in [2.45, 2.75) is 19.4 Å². The molecule has 150 valence electrons. The number of anilines is 1. The van der Waals surface area contributed by atoms with Crippen molar-refractivity contribution >= 4 is 11.6 Å². The number of halogens is 2. The van der Waals surface area contributed by atoms with Crippen molar-refractivity contribution in [3.05, 3.63) is 77.2 Å². The van der Waals surface area contributed by atoms with Crippen LogP contribution in [-0.2, 0) is 13.0 Å². The summed E-state index contributed by atoms with van der Waals surface area (Å²) in [4.78, 5) is 14.3. The fourth-order valence-corrected chi connectivity index (χ4v) is 3.38. The second-order valence-corrected chi connectivity index (χ2v) is 6.66. The number of carbonyl (C=O) groups is 1. The molecule has 0 N–H and O–H groups in total. The molecule has 0 atom stereocenters. The number of aryl methyl sites for hydroxylation is 1. The maximum absolute atomic E-state index is 13.7. The zero-order chi connectivity index (χ0) is 20.4.